The third-order valence-electron chi connectivity index (χ3n) is 9.85. The van der Waals surface area contributed by atoms with Crippen molar-refractivity contribution in [1.29, 1.82) is 0 Å². The van der Waals surface area contributed by atoms with E-state index in [1.165, 1.54) is 4.90 Å². The first-order chi connectivity index (χ1) is 30.6. The van der Waals surface area contributed by atoms with Gasteiger partial charge in [-0.1, -0.05) is 32.9 Å². The van der Waals surface area contributed by atoms with E-state index in [1.54, 1.807) is 54.9 Å². The van der Waals surface area contributed by atoms with Crippen molar-refractivity contribution in [3.8, 4) is 0 Å². The van der Waals surface area contributed by atoms with Crippen molar-refractivity contribution in [1.82, 2.24) is 0 Å². The van der Waals surface area contributed by atoms with Crippen LogP contribution in [0.3, 0.4) is 0 Å². The highest BCUT2D eigenvalue weighted by atomic mass is 32.2. The van der Waals surface area contributed by atoms with E-state index >= 15 is 0 Å². The topological polar surface area (TPSA) is 382 Å². The van der Waals surface area contributed by atoms with E-state index in [2.05, 4.69) is 0 Å². The minimum atomic E-state index is -4.97. The van der Waals surface area contributed by atoms with E-state index in [0.29, 0.717) is 29.1 Å². The van der Waals surface area contributed by atoms with Gasteiger partial charge in [-0.25, -0.2) is 18.0 Å². The molecule has 0 unspecified atom stereocenters. The van der Waals surface area contributed by atoms with Crippen molar-refractivity contribution in [3.05, 3.63) is 76.5 Å². The second-order valence-electron chi connectivity index (χ2n) is 15.5. The average molecular weight is 1070 g/mol. The van der Waals surface area contributed by atoms with Gasteiger partial charge in [-0.3, -0.25) is 13.7 Å². The van der Waals surface area contributed by atoms with E-state index in [0.717, 1.165) is 12.1 Å². The van der Waals surface area contributed by atoms with Crippen molar-refractivity contribution in [2.24, 2.45) is 0 Å². The number of anilines is 1. The lowest BCUT2D eigenvalue weighted by Gasteiger charge is -2.27. The van der Waals surface area contributed by atoms with Gasteiger partial charge in [0.2, 0.25) is 5.69 Å². The molecule has 3 N–H and O–H groups in total. The third kappa shape index (κ3) is 17.4. The predicted molar refractivity (Wildman–Crippen MR) is 235 cm³/mol. The summed E-state index contributed by atoms with van der Waals surface area (Å²) in [6.07, 6.45) is 4.97. The molecule has 2 heterocycles. The molecular weight excluding hydrogens is 1020 g/mol. The molecule has 0 bridgehead atoms. The number of allylic oxidation sites excluding steroid dienone is 4. The van der Waals surface area contributed by atoms with Gasteiger partial charge in [-0.15, -0.1) is 25.3 Å². The van der Waals surface area contributed by atoms with Crippen LogP contribution in [0.4, 0.5) is 11.4 Å². The Morgan fingerprint density at radius 3 is 1.81 bits per heavy atom. The summed E-state index contributed by atoms with van der Waals surface area (Å²) in [4.78, 5) is 27.6. The van der Waals surface area contributed by atoms with Crippen LogP contribution in [0.25, 0.3) is 0 Å². The largest absolute Gasteiger partial charge is 0.748 e. The van der Waals surface area contributed by atoms with Gasteiger partial charge in [-0.2, -0.15) is 29.8 Å². The number of fused-ring (bicyclic) bond motifs is 2. The van der Waals surface area contributed by atoms with Gasteiger partial charge in [0.15, 0.2) is 5.71 Å². The molecular formula is C37H48N2O22S6. The second-order valence-corrected chi connectivity index (χ2v) is 22.4. The molecule has 0 amide bonds. The maximum Gasteiger partial charge on any atom is 0.425 e. The fourth-order valence-corrected chi connectivity index (χ4v) is 9.42. The van der Waals surface area contributed by atoms with Crippen LogP contribution in [0, 0.1) is 0 Å². The van der Waals surface area contributed by atoms with Gasteiger partial charge in [0.1, 0.15) is 6.54 Å². The number of carbonyl (C=O) groups excluding carboxylic acids is 2. The molecule has 2 aromatic carbocycles. The van der Waals surface area contributed by atoms with Crippen LogP contribution in [0.15, 0.2) is 59.2 Å². The average Bonchev–Trinajstić information content (AvgIpc) is 3.51. The highest BCUT2D eigenvalue weighted by Gasteiger charge is 2.48. The number of hydrogen-bond donors (Lipinski definition) is 3. The van der Waals surface area contributed by atoms with Gasteiger partial charge in [0, 0.05) is 53.2 Å². The Labute approximate surface area is 390 Å². The lowest BCUT2D eigenvalue weighted by atomic mass is 9.78. The fourth-order valence-electron chi connectivity index (χ4n) is 7.43. The van der Waals surface area contributed by atoms with Crippen LogP contribution in [-0.4, -0.2) is 143 Å². The summed E-state index contributed by atoms with van der Waals surface area (Å²) in [7, 11) is -24.6. The summed E-state index contributed by atoms with van der Waals surface area (Å²) < 4.78 is 197. The van der Waals surface area contributed by atoms with Crippen LogP contribution >= 0.6 is 0 Å². The van der Waals surface area contributed by atoms with Crippen molar-refractivity contribution < 1.29 is 101 Å². The lowest BCUT2D eigenvalue weighted by molar-refractivity contribution is -0.437. The van der Waals surface area contributed by atoms with Gasteiger partial charge in [0.05, 0.1) is 61.8 Å². The molecule has 24 nitrogen and oxygen atoms in total. The standard InChI is InChI=1S/C37H48N2O16S4.2O3S/c1-6-18-54-34(40)26-12-7-13-28-32(26)36(2,3)30(38(28)16-9-20-56(42,43)44)14-8-15-31-37(4,5)33-27(35(41)55-19-11-22-58(48,49)50)23-25(59(51,52)53)24-29(33)39(31)17-10-21-57(45,46)47;2*1-4(2)3/h7-8,12-15,23-24H,6,9-11,16-22H2,1-5H3,(H3-,42,43,44,45,46,47,48,49,50,51,52,53);;. The molecule has 30 heteroatoms. The number of esters is 2. The maximum atomic E-state index is 13.6. The van der Waals surface area contributed by atoms with Gasteiger partial charge in [0.25, 0.3) is 30.4 Å². The molecule has 2 aliphatic heterocycles. The van der Waals surface area contributed by atoms with Gasteiger partial charge >= 0.3 is 33.2 Å². The Hall–Kier alpha value is -4.79. The number of benzene rings is 2. The monoisotopic (exact) mass is 1060 g/mol. The summed E-state index contributed by atoms with van der Waals surface area (Å²) in [5.74, 6) is -3.72. The Bertz CT molecular complexity index is 2970. The lowest BCUT2D eigenvalue weighted by Crippen LogP contribution is -2.30. The van der Waals surface area contributed by atoms with Crippen molar-refractivity contribution in [2.75, 3.05) is 48.5 Å². The zero-order valence-corrected chi connectivity index (χ0v) is 41.2. The molecule has 0 saturated carbocycles. The van der Waals surface area contributed by atoms with E-state index in [9.17, 15) is 56.9 Å². The Morgan fingerprint density at radius 1 is 0.746 bits per heavy atom. The molecule has 0 fully saturated rings. The highest BCUT2D eigenvalue weighted by molar-refractivity contribution is 7.86. The summed E-state index contributed by atoms with van der Waals surface area (Å²) >= 11 is 0. The highest BCUT2D eigenvalue weighted by Crippen LogP contribution is 2.51. The van der Waals surface area contributed by atoms with Crippen molar-refractivity contribution >= 4 is 90.7 Å². The first-order valence-corrected chi connectivity index (χ1v) is 27.6. The SMILES string of the molecule is CCCOC(=O)c1cccc2c1C(C)(C)C(/C=C/C=C1/N(CCCS(=O)(=O)O)c3cc(S(=O)(=O)O)cc(C(=O)OCCCS(=O)(=O)O)c3C1(C)C)=[N+]2CCCS(=O)(=O)[O-].O=S(=O)=O.O=S(=O)=O. The van der Waals surface area contributed by atoms with E-state index < -0.39 is 113 Å². The molecule has 374 valence electrons. The molecule has 0 radical (unpaired) electrons. The molecule has 4 rings (SSSR count). The summed E-state index contributed by atoms with van der Waals surface area (Å²) in [5, 5.41) is 0. The molecule has 0 saturated heterocycles. The second kappa shape index (κ2) is 23.5. The van der Waals surface area contributed by atoms with E-state index in [4.69, 9.17) is 39.3 Å². The van der Waals surface area contributed by atoms with Crippen molar-refractivity contribution in [3.63, 3.8) is 0 Å². The summed E-state index contributed by atoms with van der Waals surface area (Å²) in [6, 6.07) is 7.02. The minimum absolute atomic E-state index is 0.0566. The number of hydrogen-bond acceptors (Lipinski definition) is 20. The normalized spacial score (nSPS) is 15.8. The summed E-state index contributed by atoms with van der Waals surface area (Å²) in [6.45, 7) is 8.51. The molecule has 67 heavy (non-hydrogen) atoms. The number of nitrogens with zero attached hydrogens (tertiary/aromatic N) is 2. The van der Waals surface area contributed by atoms with Gasteiger partial charge < -0.3 is 18.9 Å². The maximum absolute atomic E-state index is 13.6. The van der Waals surface area contributed by atoms with Crippen LogP contribution in [-0.2, 0) is 82.0 Å². The third-order valence-corrected chi connectivity index (χ3v) is 13.1. The van der Waals surface area contributed by atoms with Crippen LogP contribution in [0.1, 0.15) is 92.1 Å². The Balaban J connectivity index is 0.00000178. The Kier molecular flexibility index (Phi) is 20.4. The zero-order chi connectivity index (χ0) is 51.5. The first kappa shape index (κ1) is 58.3. The summed E-state index contributed by atoms with van der Waals surface area (Å²) in [5.41, 5.74) is 0.265. The van der Waals surface area contributed by atoms with E-state index in [-0.39, 0.29) is 61.3 Å². The van der Waals surface area contributed by atoms with Crippen LogP contribution < -0.4 is 4.90 Å². The number of rotatable bonds is 19. The zero-order valence-electron chi connectivity index (χ0n) is 36.3. The number of carbonyl (C=O) groups is 2. The number of ether oxygens (including phenoxy) is 2. The molecule has 0 aliphatic carbocycles. The molecule has 0 aromatic heterocycles. The van der Waals surface area contributed by atoms with Crippen LogP contribution in [0.5, 0.6) is 0 Å². The smallest absolute Gasteiger partial charge is 0.425 e. The van der Waals surface area contributed by atoms with Crippen LogP contribution in [0.2, 0.25) is 0 Å². The predicted octanol–water partition coefficient (Wildman–Crippen LogP) is 1.75. The van der Waals surface area contributed by atoms with E-state index in [1.807, 2.05) is 20.8 Å². The van der Waals surface area contributed by atoms with Gasteiger partial charge in [-0.05, 0) is 57.4 Å². The quantitative estimate of drug-likeness (QED) is 0.0780. The molecule has 0 spiro atoms. The molecule has 2 aromatic rings. The fraction of sp³-hybridized carbons (Fsp3) is 0.486. The molecule has 0 atom stereocenters. The van der Waals surface area contributed by atoms with Crippen molar-refractivity contribution in [2.45, 2.75) is 76.0 Å². The molecule has 2 aliphatic rings. The minimum Gasteiger partial charge on any atom is -0.748 e. The first-order valence-electron chi connectivity index (χ1n) is 19.4. The Morgan fingerprint density at radius 2 is 1.28 bits per heavy atom.